The molecule has 0 spiro atoms. The van der Waals surface area contributed by atoms with E-state index >= 15 is 0 Å². The summed E-state index contributed by atoms with van der Waals surface area (Å²) in [5, 5.41) is 3.40. The van der Waals surface area contributed by atoms with E-state index in [0.717, 1.165) is 17.5 Å². The Hall–Kier alpha value is -3.28. The lowest BCUT2D eigenvalue weighted by atomic mass is 10.1. The fourth-order valence-corrected chi connectivity index (χ4v) is 3.90. The summed E-state index contributed by atoms with van der Waals surface area (Å²) in [6.45, 7) is 3.07. The molecule has 2 aliphatic heterocycles. The first-order valence-electron chi connectivity index (χ1n) is 8.99. The second kappa shape index (κ2) is 5.87. The number of nitrogens with one attached hydrogen (secondary N) is 1. The molecule has 2 aromatic carbocycles. The lowest BCUT2D eigenvalue weighted by Crippen LogP contribution is -2.24. The van der Waals surface area contributed by atoms with Gasteiger partial charge in [-0.25, -0.2) is 0 Å². The van der Waals surface area contributed by atoms with Gasteiger partial charge in [0.1, 0.15) is 18.8 Å². The molecule has 3 aromatic rings. The molecule has 0 saturated carbocycles. The van der Waals surface area contributed by atoms with Crippen LogP contribution in [0.3, 0.4) is 0 Å². The van der Waals surface area contributed by atoms with E-state index in [2.05, 4.69) is 12.2 Å². The van der Waals surface area contributed by atoms with Crippen molar-refractivity contribution in [2.45, 2.75) is 19.4 Å². The van der Waals surface area contributed by atoms with Crippen LogP contribution in [0.15, 0.2) is 47.4 Å². The normalized spacial score (nSPS) is 17.1. The number of para-hydroxylation sites is 1. The molecule has 0 saturated heterocycles. The van der Waals surface area contributed by atoms with Gasteiger partial charge >= 0.3 is 0 Å². The van der Waals surface area contributed by atoms with Crippen LogP contribution in [0.2, 0.25) is 0 Å². The molecule has 5 rings (SSSR count). The van der Waals surface area contributed by atoms with Crippen molar-refractivity contribution < 1.29 is 14.3 Å². The summed E-state index contributed by atoms with van der Waals surface area (Å²) in [6, 6.07) is 11.1. The first kappa shape index (κ1) is 15.9. The van der Waals surface area contributed by atoms with E-state index in [4.69, 9.17) is 9.47 Å². The van der Waals surface area contributed by atoms with Crippen LogP contribution in [0.25, 0.3) is 10.9 Å². The standard InChI is InChI=1S/C21H18N2O4/c1-12-9-13-3-2-4-15-19(13)23(12)11-16(20(15)24)21(25)22-14-5-6-17-18(10-14)27-8-7-26-17/h2-6,10-12H,7-9H2,1H3,(H,22,25)/t12-/m0/s1. The third-order valence-electron chi connectivity index (χ3n) is 5.17. The number of pyridine rings is 1. The van der Waals surface area contributed by atoms with Gasteiger partial charge in [-0.1, -0.05) is 12.1 Å². The second-order valence-corrected chi connectivity index (χ2v) is 6.96. The van der Waals surface area contributed by atoms with Crippen LogP contribution in [0.4, 0.5) is 5.69 Å². The molecule has 0 aliphatic carbocycles. The fraction of sp³-hybridized carbons (Fsp3) is 0.238. The molecule has 0 radical (unpaired) electrons. The summed E-state index contributed by atoms with van der Waals surface area (Å²) in [4.78, 5) is 25.8. The molecule has 0 fully saturated rings. The van der Waals surface area contributed by atoms with Crippen LogP contribution in [0, 0.1) is 0 Å². The van der Waals surface area contributed by atoms with Gasteiger partial charge in [0.2, 0.25) is 5.43 Å². The Labute approximate surface area is 155 Å². The van der Waals surface area contributed by atoms with Crippen molar-refractivity contribution in [3.63, 3.8) is 0 Å². The van der Waals surface area contributed by atoms with Crippen LogP contribution in [0.1, 0.15) is 28.9 Å². The highest BCUT2D eigenvalue weighted by Gasteiger charge is 2.24. The third-order valence-corrected chi connectivity index (χ3v) is 5.17. The second-order valence-electron chi connectivity index (χ2n) is 6.96. The lowest BCUT2D eigenvalue weighted by molar-refractivity contribution is 0.102. The summed E-state index contributed by atoms with van der Waals surface area (Å²) < 4.78 is 13.1. The lowest BCUT2D eigenvalue weighted by Gasteiger charge is -2.19. The maximum absolute atomic E-state index is 12.9. The van der Waals surface area contributed by atoms with E-state index in [1.54, 1.807) is 30.5 Å². The SMILES string of the molecule is C[C@H]1Cc2cccc3c(=O)c(C(=O)Nc4ccc5c(c4)OCCO5)cn1c23. The minimum Gasteiger partial charge on any atom is -0.486 e. The van der Waals surface area contributed by atoms with E-state index in [9.17, 15) is 9.59 Å². The molecule has 6 heteroatoms. The predicted octanol–water partition coefficient (Wildman–Crippen LogP) is 3.14. The monoisotopic (exact) mass is 362 g/mol. The first-order chi connectivity index (χ1) is 13.1. The number of carbonyl (C=O) groups excluding carboxylic acids is 1. The Kier molecular flexibility index (Phi) is 3.47. The van der Waals surface area contributed by atoms with Crippen molar-refractivity contribution in [2.75, 3.05) is 18.5 Å². The molecule has 6 nitrogen and oxygen atoms in total. The number of hydrogen-bond acceptors (Lipinski definition) is 4. The van der Waals surface area contributed by atoms with Gasteiger partial charge in [0.05, 0.1) is 5.52 Å². The number of amides is 1. The highest BCUT2D eigenvalue weighted by Crippen LogP contribution is 2.33. The van der Waals surface area contributed by atoms with Crippen molar-refractivity contribution in [2.24, 2.45) is 0 Å². The molecular weight excluding hydrogens is 344 g/mol. The summed E-state index contributed by atoms with van der Waals surface area (Å²) in [5.74, 6) is 0.817. The van der Waals surface area contributed by atoms with Crippen molar-refractivity contribution >= 4 is 22.5 Å². The average Bonchev–Trinajstić information content (AvgIpc) is 3.00. The molecule has 27 heavy (non-hydrogen) atoms. The Bertz CT molecular complexity index is 1150. The number of fused-ring (bicyclic) bond motifs is 1. The van der Waals surface area contributed by atoms with Gasteiger partial charge in [-0.3, -0.25) is 9.59 Å². The van der Waals surface area contributed by atoms with E-state index in [1.165, 1.54) is 0 Å². The molecule has 3 heterocycles. The molecule has 136 valence electrons. The molecular formula is C21H18N2O4. The number of aromatic nitrogens is 1. The molecule has 2 aliphatic rings. The molecule has 0 unspecified atom stereocenters. The Morgan fingerprint density at radius 3 is 2.81 bits per heavy atom. The van der Waals surface area contributed by atoms with E-state index < -0.39 is 5.91 Å². The van der Waals surface area contributed by atoms with Gasteiger partial charge in [-0.15, -0.1) is 0 Å². The van der Waals surface area contributed by atoms with E-state index in [1.807, 2.05) is 16.7 Å². The van der Waals surface area contributed by atoms with Gasteiger partial charge in [0, 0.05) is 29.4 Å². The summed E-state index contributed by atoms with van der Waals surface area (Å²) in [7, 11) is 0. The van der Waals surface area contributed by atoms with Crippen LogP contribution in [-0.4, -0.2) is 23.7 Å². The highest BCUT2D eigenvalue weighted by atomic mass is 16.6. The van der Waals surface area contributed by atoms with Crippen LogP contribution in [0.5, 0.6) is 11.5 Å². The van der Waals surface area contributed by atoms with Crippen LogP contribution < -0.4 is 20.2 Å². The van der Waals surface area contributed by atoms with Gasteiger partial charge in [-0.05, 0) is 37.1 Å². The Balaban J connectivity index is 1.54. The Morgan fingerprint density at radius 2 is 1.96 bits per heavy atom. The number of hydrogen-bond donors (Lipinski definition) is 1. The topological polar surface area (TPSA) is 69.6 Å². The number of nitrogens with zero attached hydrogens (tertiary/aromatic N) is 1. The van der Waals surface area contributed by atoms with Gasteiger partial charge in [-0.2, -0.15) is 0 Å². The van der Waals surface area contributed by atoms with Crippen LogP contribution >= 0.6 is 0 Å². The van der Waals surface area contributed by atoms with Crippen molar-refractivity contribution in [3.05, 3.63) is 63.9 Å². The number of ether oxygens (including phenoxy) is 2. The largest absolute Gasteiger partial charge is 0.486 e. The van der Waals surface area contributed by atoms with E-state index in [-0.39, 0.29) is 17.0 Å². The average molecular weight is 362 g/mol. The first-order valence-corrected chi connectivity index (χ1v) is 8.99. The Morgan fingerprint density at radius 1 is 1.15 bits per heavy atom. The highest BCUT2D eigenvalue weighted by molar-refractivity contribution is 6.06. The van der Waals surface area contributed by atoms with Crippen LogP contribution in [-0.2, 0) is 6.42 Å². The quantitative estimate of drug-likeness (QED) is 0.760. The zero-order chi connectivity index (χ0) is 18.5. The summed E-state index contributed by atoms with van der Waals surface area (Å²) in [5.41, 5.74) is 2.55. The minimum absolute atomic E-state index is 0.142. The zero-order valence-corrected chi connectivity index (χ0v) is 14.8. The molecule has 1 aromatic heterocycles. The van der Waals surface area contributed by atoms with Gasteiger partial charge in [0.15, 0.2) is 11.5 Å². The summed E-state index contributed by atoms with van der Waals surface area (Å²) >= 11 is 0. The smallest absolute Gasteiger partial charge is 0.261 e. The fourth-order valence-electron chi connectivity index (χ4n) is 3.90. The molecule has 1 N–H and O–H groups in total. The number of anilines is 1. The van der Waals surface area contributed by atoms with Gasteiger partial charge in [0.25, 0.3) is 5.91 Å². The molecule has 1 atom stereocenters. The maximum Gasteiger partial charge on any atom is 0.261 e. The third kappa shape index (κ3) is 2.48. The number of benzene rings is 2. The number of rotatable bonds is 2. The van der Waals surface area contributed by atoms with E-state index in [0.29, 0.717) is 35.8 Å². The van der Waals surface area contributed by atoms with Crippen molar-refractivity contribution in [1.29, 1.82) is 0 Å². The number of carbonyl (C=O) groups is 1. The summed E-state index contributed by atoms with van der Waals surface area (Å²) in [6.07, 6.45) is 2.54. The zero-order valence-electron chi connectivity index (χ0n) is 14.8. The predicted molar refractivity (Wildman–Crippen MR) is 102 cm³/mol. The van der Waals surface area contributed by atoms with Crippen molar-refractivity contribution in [1.82, 2.24) is 4.57 Å². The molecule has 0 bridgehead atoms. The minimum atomic E-state index is -0.424. The van der Waals surface area contributed by atoms with Gasteiger partial charge < -0.3 is 19.4 Å². The van der Waals surface area contributed by atoms with Crippen molar-refractivity contribution in [3.8, 4) is 11.5 Å². The molecule has 1 amide bonds. The maximum atomic E-state index is 12.9.